The molecule has 23 heavy (non-hydrogen) atoms. The van der Waals surface area contributed by atoms with E-state index in [1.165, 1.54) is 17.2 Å². The predicted molar refractivity (Wildman–Crippen MR) is 93.9 cm³/mol. The molecule has 0 unspecified atom stereocenters. The van der Waals surface area contributed by atoms with Crippen molar-refractivity contribution in [3.05, 3.63) is 101 Å². The van der Waals surface area contributed by atoms with Gasteiger partial charge in [-0.1, -0.05) is 66.7 Å². The van der Waals surface area contributed by atoms with Gasteiger partial charge in [0.2, 0.25) is 0 Å². The van der Waals surface area contributed by atoms with Gasteiger partial charge in [0, 0.05) is 18.8 Å². The molecule has 1 nitrogen and oxygen atoms in total. The standard InChI is InChI=1S/C21H20FN/c1-17-12-13-20(22)14-21(17)23(15-18-8-4-2-5-9-18)16-19-10-6-3-7-11-19/h2-14H,15-16H2,1H3. The molecular formula is C21H20FN. The molecule has 0 aliphatic heterocycles. The lowest BCUT2D eigenvalue weighted by molar-refractivity contribution is 0.625. The van der Waals surface area contributed by atoms with Crippen molar-refractivity contribution in [2.75, 3.05) is 4.90 Å². The fourth-order valence-corrected chi connectivity index (χ4v) is 2.76. The molecule has 0 N–H and O–H groups in total. The third-order valence-corrected chi connectivity index (χ3v) is 3.94. The van der Waals surface area contributed by atoms with Gasteiger partial charge in [-0.3, -0.25) is 0 Å². The van der Waals surface area contributed by atoms with Crippen molar-refractivity contribution >= 4 is 5.69 Å². The molecule has 0 spiro atoms. The third kappa shape index (κ3) is 3.98. The number of hydrogen-bond acceptors (Lipinski definition) is 1. The zero-order chi connectivity index (χ0) is 16.1. The van der Waals surface area contributed by atoms with Crippen molar-refractivity contribution in [2.45, 2.75) is 20.0 Å². The molecule has 0 saturated carbocycles. The number of halogens is 1. The fourth-order valence-electron chi connectivity index (χ4n) is 2.76. The minimum atomic E-state index is -0.197. The Morgan fingerprint density at radius 3 is 1.78 bits per heavy atom. The van der Waals surface area contributed by atoms with Gasteiger partial charge in [-0.2, -0.15) is 0 Å². The van der Waals surface area contributed by atoms with Gasteiger partial charge < -0.3 is 4.90 Å². The monoisotopic (exact) mass is 305 g/mol. The molecule has 0 atom stereocenters. The number of aryl methyl sites for hydroxylation is 1. The maximum atomic E-state index is 13.8. The lowest BCUT2D eigenvalue weighted by atomic mass is 10.1. The topological polar surface area (TPSA) is 3.24 Å². The predicted octanol–water partition coefficient (Wildman–Crippen LogP) is 5.34. The van der Waals surface area contributed by atoms with E-state index in [4.69, 9.17) is 0 Å². The van der Waals surface area contributed by atoms with Crippen LogP contribution in [0.15, 0.2) is 78.9 Å². The highest BCUT2D eigenvalue weighted by atomic mass is 19.1. The number of nitrogens with zero attached hydrogens (tertiary/aromatic N) is 1. The Bertz CT molecular complexity index is 712. The quantitative estimate of drug-likeness (QED) is 0.615. The summed E-state index contributed by atoms with van der Waals surface area (Å²) in [5, 5.41) is 0. The Morgan fingerprint density at radius 2 is 1.26 bits per heavy atom. The van der Waals surface area contributed by atoms with E-state index in [1.807, 2.05) is 49.4 Å². The number of anilines is 1. The van der Waals surface area contributed by atoms with Gasteiger partial charge in [0.25, 0.3) is 0 Å². The summed E-state index contributed by atoms with van der Waals surface area (Å²) in [7, 11) is 0. The van der Waals surface area contributed by atoms with Gasteiger partial charge in [0.1, 0.15) is 5.82 Å². The van der Waals surface area contributed by atoms with Crippen LogP contribution in [-0.4, -0.2) is 0 Å². The fraction of sp³-hybridized carbons (Fsp3) is 0.143. The summed E-state index contributed by atoms with van der Waals surface area (Å²) < 4.78 is 13.8. The summed E-state index contributed by atoms with van der Waals surface area (Å²) in [6, 6.07) is 25.6. The van der Waals surface area contributed by atoms with Crippen LogP contribution in [0.5, 0.6) is 0 Å². The molecule has 3 rings (SSSR count). The largest absolute Gasteiger partial charge is 0.363 e. The Kier molecular flexibility index (Phi) is 4.72. The number of benzene rings is 3. The molecule has 0 bridgehead atoms. The van der Waals surface area contributed by atoms with Gasteiger partial charge in [-0.05, 0) is 35.7 Å². The lowest BCUT2D eigenvalue weighted by Crippen LogP contribution is -2.23. The van der Waals surface area contributed by atoms with Crippen molar-refractivity contribution in [1.82, 2.24) is 0 Å². The van der Waals surface area contributed by atoms with Crippen molar-refractivity contribution in [2.24, 2.45) is 0 Å². The van der Waals surface area contributed by atoms with Crippen molar-refractivity contribution in [3.8, 4) is 0 Å². The van der Waals surface area contributed by atoms with Crippen molar-refractivity contribution < 1.29 is 4.39 Å². The summed E-state index contributed by atoms with van der Waals surface area (Å²) in [6.45, 7) is 3.53. The van der Waals surface area contributed by atoms with Crippen LogP contribution in [0.4, 0.5) is 10.1 Å². The molecule has 0 amide bonds. The molecule has 0 saturated heterocycles. The second kappa shape index (κ2) is 7.10. The molecule has 0 aliphatic carbocycles. The summed E-state index contributed by atoms with van der Waals surface area (Å²) in [5.74, 6) is -0.197. The number of hydrogen-bond donors (Lipinski definition) is 0. The Balaban J connectivity index is 1.94. The van der Waals surface area contributed by atoms with Crippen molar-refractivity contribution in [1.29, 1.82) is 0 Å². The average molecular weight is 305 g/mol. The molecule has 3 aromatic rings. The SMILES string of the molecule is Cc1ccc(F)cc1N(Cc1ccccc1)Cc1ccccc1. The minimum absolute atomic E-state index is 0.197. The maximum absolute atomic E-state index is 13.8. The van der Waals surface area contributed by atoms with E-state index in [-0.39, 0.29) is 5.82 Å². The third-order valence-electron chi connectivity index (χ3n) is 3.94. The van der Waals surface area contributed by atoms with Crippen LogP contribution in [0.25, 0.3) is 0 Å². The molecule has 0 fully saturated rings. The zero-order valence-electron chi connectivity index (χ0n) is 13.2. The number of rotatable bonds is 5. The zero-order valence-corrected chi connectivity index (χ0v) is 13.2. The van der Waals surface area contributed by atoms with Crippen LogP contribution in [0.1, 0.15) is 16.7 Å². The van der Waals surface area contributed by atoms with Gasteiger partial charge in [0.05, 0.1) is 0 Å². The Hall–Kier alpha value is -2.61. The van der Waals surface area contributed by atoms with Crippen LogP contribution < -0.4 is 4.90 Å². The van der Waals surface area contributed by atoms with Gasteiger partial charge in [-0.15, -0.1) is 0 Å². The second-order valence-electron chi connectivity index (χ2n) is 5.76. The molecule has 0 aliphatic rings. The molecular weight excluding hydrogens is 285 g/mol. The summed E-state index contributed by atoms with van der Waals surface area (Å²) in [6.07, 6.45) is 0. The van der Waals surface area contributed by atoms with Gasteiger partial charge in [0.15, 0.2) is 0 Å². The van der Waals surface area contributed by atoms with Crippen LogP contribution in [0, 0.1) is 12.7 Å². The Morgan fingerprint density at radius 1 is 0.739 bits per heavy atom. The van der Waals surface area contributed by atoms with Crippen LogP contribution in [0.2, 0.25) is 0 Å². The highest BCUT2D eigenvalue weighted by molar-refractivity contribution is 5.54. The van der Waals surface area contributed by atoms with Crippen molar-refractivity contribution in [3.63, 3.8) is 0 Å². The average Bonchev–Trinajstić information content (AvgIpc) is 2.58. The summed E-state index contributed by atoms with van der Waals surface area (Å²) in [4.78, 5) is 2.23. The van der Waals surface area contributed by atoms with E-state index >= 15 is 0 Å². The highest BCUT2D eigenvalue weighted by Gasteiger charge is 2.12. The first-order valence-corrected chi connectivity index (χ1v) is 7.81. The van der Waals surface area contributed by atoms with Crippen LogP contribution in [-0.2, 0) is 13.1 Å². The first kappa shape index (κ1) is 15.3. The maximum Gasteiger partial charge on any atom is 0.125 e. The molecule has 3 aromatic carbocycles. The molecule has 0 heterocycles. The van der Waals surface area contributed by atoms with E-state index in [0.29, 0.717) is 0 Å². The smallest absolute Gasteiger partial charge is 0.125 e. The summed E-state index contributed by atoms with van der Waals surface area (Å²) >= 11 is 0. The first-order valence-electron chi connectivity index (χ1n) is 7.81. The second-order valence-corrected chi connectivity index (χ2v) is 5.76. The molecule has 116 valence electrons. The minimum Gasteiger partial charge on any atom is -0.363 e. The first-order chi connectivity index (χ1) is 11.2. The summed E-state index contributed by atoms with van der Waals surface area (Å²) in [5.41, 5.74) is 4.45. The van der Waals surface area contributed by atoms with E-state index in [9.17, 15) is 4.39 Å². The Labute approximate surface area is 137 Å². The van der Waals surface area contributed by atoms with E-state index in [2.05, 4.69) is 29.2 Å². The molecule has 0 radical (unpaired) electrons. The van der Waals surface area contributed by atoms with Crippen LogP contribution in [0.3, 0.4) is 0 Å². The molecule has 2 heteroatoms. The van der Waals surface area contributed by atoms with E-state index < -0.39 is 0 Å². The van der Waals surface area contributed by atoms with E-state index in [0.717, 1.165) is 24.3 Å². The normalized spacial score (nSPS) is 10.5. The van der Waals surface area contributed by atoms with E-state index in [1.54, 1.807) is 6.07 Å². The van der Waals surface area contributed by atoms with Crippen LogP contribution >= 0.6 is 0 Å². The van der Waals surface area contributed by atoms with Gasteiger partial charge in [-0.25, -0.2) is 4.39 Å². The molecule has 0 aromatic heterocycles. The van der Waals surface area contributed by atoms with Gasteiger partial charge >= 0.3 is 0 Å². The highest BCUT2D eigenvalue weighted by Crippen LogP contribution is 2.25. The lowest BCUT2D eigenvalue weighted by Gasteiger charge is -2.27.